The molecule has 1 atom stereocenters. The Balaban J connectivity index is 1.47. The average molecular weight is 375 g/mol. The quantitative estimate of drug-likeness (QED) is 0.860. The van der Waals surface area contributed by atoms with Crippen LogP contribution in [0.3, 0.4) is 0 Å². The largest absolute Gasteiger partial charge is 0.317 e. The van der Waals surface area contributed by atoms with Gasteiger partial charge < -0.3 is 5.32 Å². The third-order valence-electron chi connectivity index (χ3n) is 5.64. The van der Waals surface area contributed by atoms with Gasteiger partial charge in [0.05, 0.1) is 17.4 Å². The number of amides is 1. The smallest absolute Gasteiger partial charge is 0.279 e. The van der Waals surface area contributed by atoms with Crippen LogP contribution in [0, 0.1) is 12.8 Å². The lowest BCUT2D eigenvalue weighted by Gasteiger charge is -2.23. The van der Waals surface area contributed by atoms with Crippen LogP contribution in [0.2, 0.25) is 0 Å². The lowest BCUT2D eigenvalue weighted by molar-refractivity contribution is 0.102. The molecule has 2 aromatic heterocycles. The van der Waals surface area contributed by atoms with Gasteiger partial charge in [-0.25, -0.2) is 9.67 Å². The zero-order valence-electron chi connectivity index (χ0n) is 15.4. The van der Waals surface area contributed by atoms with Gasteiger partial charge in [0.1, 0.15) is 0 Å². The zero-order chi connectivity index (χ0) is 18.1. The van der Waals surface area contributed by atoms with Crippen molar-refractivity contribution in [3.63, 3.8) is 0 Å². The van der Waals surface area contributed by atoms with E-state index in [0.29, 0.717) is 16.9 Å². The molecule has 0 bridgehead atoms. The van der Waals surface area contributed by atoms with Gasteiger partial charge in [0.25, 0.3) is 5.91 Å². The Morgan fingerprint density at radius 1 is 1.35 bits per heavy atom. The highest BCUT2D eigenvalue weighted by Gasteiger charge is 2.25. The number of piperidine rings is 1. The summed E-state index contributed by atoms with van der Waals surface area (Å²) < 4.78 is 1.91. The van der Waals surface area contributed by atoms with Gasteiger partial charge in [0, 0.05) is 4.88 Å². The molecule has 2 N–H and O–H groups in total. The summed E-state index contributed by atoms with van der Waals surface area (Å²) in [7, 11) is 0. The van der Waals surface area contributed by atoms with Crippen molar-refractivity contribution in [2.24, 2.45) is 5.92 Å². The number of aromatic nitrogens is 4. The molecule has 7 nitrogen and oxygen atoms in total. The molecule has 4 rings (SSSR count). The number of nitrogens with zero attached hydrogens (tertiary/aromatic N) is 4. The van der Waals surface area contributed by atoms with Gasteiger partial charge in [-0.15, -0.1) is 16.4 Å². The first-order chi connectivity index (χ1) is 12.7. The van der Waals surface area contributed by atoms with Crippen molar-refractivity contribution in [3.05, 3.63) is 22.0 Å². The summed E-state index contributed by atoms with van der Waals surface area (Å²) >= 11 is 1.61. The van der Waals surface area contributed by atoms with Crippen LogP contribution in [0.1, 0.15) is 65.4 Å². The molecular weight excluding hydrogens is 348 g/mol. The van der Waals surface area contributed by atoms with Gasteiger partial charge in [0.15, 0.2) is 10.8 Å². The normalized spacial score (nSPS) is 20.8. The molecule has 1 saturated heterocycles. The molecule has 0 spiro atoms. The molecule has 2 aromatic rings. The summed E-state index contributed by atoms with van der Waals surface area (Å²) in [6, 6.07) is 0.323. The first kappa shape index (κ1) is 17.6. The zero-order valence-corrected chi connectivity index (χ0v) is 16.2. The standard InChI is InChI=1S/C18H26N6OS/c1-3-12-4-5-14-15(10-12)26-18(20-14)21-17(25)16-11(2)24(23-22-16)13-6-8-19-9-7-13/h12-13,19H,3-10H2,1-2H3,(H,20,21,25). The minimum Gasteiger partial charge on any atom is -0.317 e. The Morgan fingerprint density at radius 3 is 2.92 bits per heavy atom. The molecule has 0 radical (unpaired) electrons. The maximum Gasteiger partial charge on any atom is 0.279 e. The predicted octanol–water partition coefficient (Wildman–Crippen LogP) is 2.73. The minimum absolute atomic E-state index is 0.208. The van der Waals surface area contributed by atoms with E-state index in [1.54, 1.807) is 11.3 Å². The monoisotopic (exact) mass is 374 g/mol. The van der Waals surface area contributed by atoms with Crippen molar-refractivity contribution in [1.82, 2.24) is 25.3 Å². The fourth-order valence-electron chi connectivity index (χ4n) is 3.95. The highest BCUT2D eigenvalue weighted by molar-refractivity contribution is 7.15. The van der Waals surface area contributed by atoms with Crippen LogP contribution in [0.25, 0.3) is 0 Å². The van der Waals surface area contributed by atoms with Crippen LogP contribution in [0.15, 0.2) is 0 Å². The van der Waals surface area contributed by atoms with E-state index in [4.69, 9.17) is 0 Å². The van der Waals surface area contributed by atoms with Crippen molar-refractivity contribution in [2.75, 3.05) is 18.4 Å². The fraction of sp³-hybridized carbons (Fsp3) is 0.667. The highest BCUT2D eigenvalue weighted by Crippen LogP contribution is 2.33. The van der Waals surface area contributed by atoms with Crippen molar-refractivity contribution < 1.29 is 4.79 Å². The van der Waals surface area contributed by atoms with E-state index in [-0.39, 0.29) is 5.91 Å². The first-order valence-corrected chi connectivity index (χ1v) is 10.4. The number of hydrogen-bond acceptors (Lipinski definition) is 6. The summed E-state index contributed by atoms with van der Waals surface area (Å²) in [4.78, 5) is 18.7. The number of thiazole rings is 1. The molecule has 0 saturated carbocycles. The number of hydrogen-bond donors (Lipinski definition) is 2. The molecule has 0 aromatic carbocycles. The Hall–Kier alpha value is -1.80. The topological polar surface area (TPSA) is 84.7 Å². The number of nitrogens with one attached hydrogen (secondary N) is 2. The van der Waals surface area contributed by atoms with E-state index < -0.39 is 0 Å². The second kappa shape index (κ2) is 7.44. The predicted molar refractivity (Wildman–Crippen MR) is 102 cm³/mol. The van der Waals surface area contributed by atoms with E-state index in [2.05, 4.69) is 32.9 Å². The van der Waals surface area contributed by atoms with Crippen molar-refractivity contribution in [2.45, 2.75) is 58.4 Å². The molecule has 1 unspecified atom stereocenters. The lowest BCUT2D eigenvalue weighted by atomic mass is 9.89. The Bertz CT molecular complexity index is 792. The van der Waals surface area contributed by atoms with Crippen molar-refractivity contribution in [3.8, 4) is 0 Å². The maximum atomic E-state index is 12.7. The van der Waals surface area contributed by atoms with E-state index in [9.17, 15) is 4.79 Å². The average Bonchev–Trinajstić information content (AvgIpc) is 3.24. The molecular formula is C18H26N6OS. The Labute approximate surface area is 157 Å². The summed E-state index contributed by atoms with van der Waals surface area (Å²) in [6.07, 6.45) is 6.55. The molecule has 1 aliphatic carbocycles. The fourth-order valence-corrected chi connectivity index (χ4v) is 5.07. The first-order valence-electron chi connectivity index (χ1n) is 9.58. The van der Waals surface area contributed by atoms with Crippen LogP contribution in [0.4, 0.5) is 5.13 Å². The van der Waals surface area contributed by atoms with E-state index in [1.807, 2.05) is 11.6 Å². The molecule has 8 heteroatoms. The van der Waals surface area contributed by atoms with Crippen molar-refractivity contribution in [1.29, 1.82) is 0 Å². The van der Waals surface area contributed by atoms with E-state index in [1.165, 1.54) is 17.7 Å². The third kappa shape index (κ3) is 3.40. The molecule has 1 amide bonds. The van der Waals surface area contributed by atoms with Crippen LogP contribution < -0.4 is 10.6 Å². The minimum atomic E-state index is -0.208. The number of fused-ring (bicyclic) bond motifs is 1. The van der Waals surface area contributed by atoms with Crippen LogP contribution in [0.5, 0.6) is 0 Å². The number of carbonyl (C=O) groups is 1. The van der Waals surface area contributed by atoms with Crippen LogP contribution in [-0.2, 0) is 12.8 Å². The Kier molecular flexibility index (Phi) is 5.04. The lowest BCUT2D eigenvalue weighted by Crippen LogP contribution is -2.30. The van der Waals surface area contributed by atoms with Gasteiger partial charge >= 0.3 is 0 Å². The van der Waals surface area contributed by atoms with Crippen LogP contribution >= 0.6 is 11.3 Å². The van der Waals surface area contributed by atoms with Gasteiger partial charge in [-0.3, -0.25) is 10.1 Å². The maximum absolute atomic E-state index is 12.7. The highest BCUT2D eigenvalue weighted by atomic mass is 32.1. The summed E-state index contributed by atoms with van der Waals surface area (Å²) in [5.74, 6) is 0.541. The molecule has 1 fully saturated rings. The van der Waals surface area contributed by atoms with Gasteiger partial charge in [0.2, 0.25) is 0 Å². The molecule has 3 heterocycles. The summed E-state index contributed by atoms with van der Waals surface area (Å²) in [6.45, 7) is 6.13. The number of carbonyl (C=O) groups excluding carboxylic acids is 1. The summed E-state index contributed by atoms with van der Waals surface area (Å²) in [5, 5.41) is 15.4. The summed E-state index contributed by atoms with van der Waals surface area (Å²) in [5.41, 5.74) is 2.40. The van der Waals surface area contributed by atoms with Gasteiger partial charge in [-0.1, -0.05) is 18.6 Å². The second-order valence-corrected chi connectivity index (χ2v) is 8.39. The molecule has 140 valence electrons. The second-order valence-electron chi connectivity index (χ2n) is 7.31. The number of rotatable bonds is 4. The number of anilines is 1. The third-order valence-corrected chi connectivity index (χ3v) is 6.67. The SMILES string of the molecule is CCC1CCc2nc(NC(=O)c3nnn(C4CCNCC4)c3C)sc2C1. The van der Waals surface area contributed by atoms with E-state index >= 15 is 0 Å². The Morgan fingerprint density at radius 2 is 2.15 bits per heavy atom. The molecule has 2 aliphatic rings. The van der Waals surface area contributed by atoms with Gasteiger partial charge in [-0.2, -0.15) is 0 Å². The number of aryl methyl sites for hydroxylation is 1. The van der Waals surface area contributed by atoms with E-state index in [0.717, 1.165) is 56.1 Å². The van der Waals surface area contributed by atoms with Gasteiger partial charge in [-0.05, 0) is 58.0 Å². The van der Waals surface area contributed by atoms with Crippen molar-refractivity contribution >= 4 is 22.4 Å². The molecule has 26 heavy (non-hydrogen) atoms. The molecule has 1 aliphatic heterocycles. The van der Waals surface area contributed by atoms with Crippen LogP contribution in [-0.4, -0.2) is 39.0 Å².